The van der Waals surface area contributed by atoms with Gasteiger partial charge >= 0.3 is 5.97 Å². The van der Waals surface area contributed by atoms with E-state index in [9.17, 15) is 9.90 Å². The van der Waals surface area contributed by atoms with E-state index in [2.05, 4.69) is 15.3 Å². The van der Waals surface area contributed by atoms with Crippen LogP contribution in [0.25, 0.3) is 0 Å². The summed E-state index contributed by atoms with van der Waals surface area (Å²) in [6.45, 7) is 2.33. The summed E-state index contributed by atoms with van der Waals surface area (Å²) in [6, 6.07) is 9.57. The predicted octanol–water partition coefficient (Wildman–Crippen LogP) is 2.11. The maximum absolute atomic E-state index is 11.4. The van der Waals surface area contributed by atoms with Gasteiger partial charge in [-0.2, -0.15) is 4.98 Å². The molecule has 104 valence electrons. The molecule has 0 saturated heterocycles. The highest BCUT2D eigenvalue weighted by molar-refractivity contribution is 5.78. The summed E-state index contributed by atoms with van der Waals surface area (Å²) in [7, 11) is 0. The number of hydrogen-bond donors (Lipinski definition) is 2. The van der Waals surface area contributed by atoms with Crippen LogP contribution in [0.2, 0.25) is 0 Å². The van der Waals surface area contributed by atoms with Gasteiger partial charge in [-0.1, -0.05) is 30.3 Å². The van der Waals surface area contributed by atoms with Gasteiger partial charge in [0.05, 0.1) is 6.61 Å². The average Bonchev–Trinajstić information content (AvgIpc) is 2.46. The van der Waals surface area contributed by atoms with Crippen LogP contribution >= 0.6 is 0 Å². The number of nitrogens with one attached hydrogen (secondary N) is 1. The number of aromatic nitrogens is 2. The van der Waals surface area contributed by atoms with Crippen molar-refractivity contribution in [3.63, 3.8) is 0 Å². The molecule has 1 heterocycles. The maximum atomic E-state index is 11.4. The molecule has 1 unspecified atom stereocenters. The second-order valence-corrected chi connectivity index (χ2v) is 3.98. The van der Waals surface area contributed by atoms with E-state index in [-0.39, 0.29) is 5.95 Å². The standard InChI is InChI=1S/C14H15N3O3/c1-2-20-11-8-9-15-14(16-11)17-12(13(18)19)10-6-4-3-5-7-10/h3-9,12H,2H2,1H3,(H,18,19)(H,15,16,17). The zero-order chi connectivity index (χ0) is 14.4. The molecule has 1 aromatic heterocycles. The van der Waals surface area contributed by atoms with Crippen LogP contribution in [0.15, 0.2) is 42.6 Å². The van der Waals surface area contributed by atoms with E-state index in [1.807, 2.05) is 13.0 Å². The Labute approximate surface area is 116 Å². The molecule has 0 aliphatic carbocycles. The quantitative estimate of drug-likeness (QED) is 0.838. The molecule has 0 spiro atoms. The van der Waals surface area contributed by atoms with E-state index in [0.717, 1.165) is 0 Å². The van der Waals surface area contributed by atoms with Crippen LogP contribution in [-0.2, 0) is 4.79 Å². The summed E-state index contributed by atoms with van der Waals surface area (Å²) in [4.78, 5) is 19.5. The van der Waals surface area contributed by atoms with Gasteiger partial charge in [0.2, 0.25) is 11.8 Å². The predicted molar refractivity (Wildman–Crippen MR) is 73.6 cm³/mol. The van der Waals surface area contributed by atoms with Crippen LogP contribution in [0, 0.1) is 0 Å². The summed E-state index contributed by atoms with van der Waals surface area (Å²) < 4.78 is 5.26. The Morgan fingerprint density at radius 1 is 1.35 bits per heavy atom. The number of nitrogens with zero attached hydrogens (tertiary/aromatic N) is 2. The minimum Gasteiger partial charge on any atom is -0.479 e. The van der Waals surface area contributed by atoms with Gasteiger partial charge in [0.1, 0.15) is 0 Å². The van der Waals surface area contributed by atoms with E-state index in [4.69, 9.17) is 4.74 Å². The summed E-state index contributed by atoms with van der Waals surface area (Å²) >= 11 is 0. The molecule has 6 nitrogen and oxygen atoms in total. The van der Waals surface area contributed by atoms with Crippen LogP contribution in [0.3, 0.4) is 0 Å². The third kappa shape index (κ3) is 3.44. The van der Waals surface area contributed by atoms with Crippen molar-refractivity contribution in [3.05, 3.63) is 48.2 Å². The summed E-state index contributed by atoms with van der Waals surface area (Å²) in [5.41, 5.74) is 0.630. The van der Waals surface area contributed by atoms with Crippen molar-refractivity contribution in [2.24, 2.45) is 0 Å². The second kappa shape index (κ2) is 6.51. The molecular formula is C14H15N3O3. The Morgan fingerprint density at radius 2 is 2.10 bits per heavy atom. The molecule has 2 aromatic rings. The second-order valence-electron chi connectivity index (χ2n) is 3.98. The highest BCUT2D eigenvalue weighted by atomic mass is 16.5. The normalized spacial score (nSPS) is 11.7. The lowest BCUT2D eigenvalue weighted by molar-refractivity contribution is -0.138. The van der Waals surface area contributed by atoms with Crippen LogP contribution in [-0.4, -0.2) is 27.7 Å². The molecule has 1 atom stereocenters. The largest absolute Gasteiger partial charge is 0.479 e. The number of hydrogen-bond acceptors (Lipinski definition) is 5. The molecule has 2 N–H and O–H groups in total. The molecule has 0 saturated carbocycles. The van der Waals surface area contributed by atoms with E-state index >= 15 is 0 Å². The number of ether oxygens (including phenoxy) is 1. The summed E-state index contributed by atoms with van der Waals surface area (Å²) in [5, 5.41) is 12.1. The lowest BCUT2D eigenvalue weighted by Crippen LogP contribution is -2.21. The number of carbonyl (C=O) groups is 1. The summed E-state index contributed by atoms with van der Waals surface area (Å²) in [6.07, 6.45) is 1.52. The number of carboxylic acids is 1. The van der Waals surface area contributed by atoms with Crippen LogP contribution < -0.4 is 10.1 Å². The van der Waals surface area contributed by atoms with Gasteiger partial charge in [-0.25, -0.2) is 9.78 Å². The topological polar surface area (TPSA) is 84.3 Å². The number of benzene rings is 1. The molecule has 0 amide bonds. The van der Waals surface area contributed by atoms with Crippen molar-refractivity contribution in [3.8, 4) is 5.88 Å². The molecule has 0 aliphatic rings. The minimum absolute atomic E-state index is 0.215. The first-order valence-electron chi connectivity index (χ1n) is 6.21. The van der Waals surface area contributed by atoms with Gasteiger partial charge in [-0.15, -0.1) is 0 Å². The van der Waals surface area contributed by atoms with Crippen molar-refractivity contribution in [2.75, 3.05) is 11.9 Å². The molecule has 0 aliphatic heterocycles. The Kier molecular flexibility index (Phi) is 4.49. The SMILES string of the molecule is CCOc1ccnc(NC(C(=O)O)c2ccccc2)n1. The van der Waals surface area contributed by atoms with Crippen LogP contribution in [0.5, 0.6) is 5.88 Å². The Balaban J connectivity index is 2.21. The van der Waals surface area contributed by atoms with Gasteiger partial charge in [0, 0.05) is 12.3 Å². The number of rotatable bonds is 6. The van der Waals surface area contributed by atoms with Crippen molar-refractivity contribution in [1.29, 1.82) is 0 Å². The van der Waals surface area contributed by atoms with Crippen molar-refractivity contribution < 1.29 is 14.6 Å². The zero-order valence-corrected chi connectivity index (χ0v) is 11.0. The van der Waals surface area contributed by atoms with Crippen molar-refractivity contribution in [2.45, 2.75) is 13.0 Å². The third-order valence-electron chi connectivity index (χ3n) is 2.58. The number of carboxylic acid groups (broad SMARTS) is 1. The Hall–Kier alpha value is -2.63. The van der Waals surface area contributed by atoms with Crippen molar-refractivity contribution in [1.82, 2.24) is 9.97 Å². The number of anilines is 1. The molecule has 0 fully saturated rings. The fraction of sp³-hybridized carbons (Fsp3) is 0.214. The van der Waals surface area contributed by atoms with E-state index < -0.39 is 12.0 Å². The van der Waals surface area contributed by atoms with Gasteiger partial charge in [-0.3, -0.25) is 0 Å². The van der Waals surface area contributed by atoms with Crippen molar-refractivity contribution >= 4 is 11.9 Å². The third-order valence-corrected chi connectivity index (χ3v) is 2.58. The van der Waals surface area contributed by atoms with E-state index in [1.54, 1.807) is 30.3 Å². The first-order valence-corrected chi connectivity index (χ1v) is 6.21. The zero-order valence-electron chi connectivity index (χ0n) is 11.0. The van der Waals surface area contributed by atoms with E-state index in [1.165, 1.54) is 6.20 Å². The monoisotopic (exact) mass is 273 g/mol. The Bertz CT molecular complexity index is 575. The van der Waals surface area contributed by atoms with Crippen LogP contribution in [0.1, 0.15) is 18.5 Å². The van der Waals surface area contributed by atoms with Gasteiger partial charge < -0.3 is 15.2 Å². The molecular weight excluding hydrogens is 258 g/mol. The minimum atomic E-state index is -0.999. The summed E-state index contributed by atoms with van der Waals surface area (Å²) in [5.74, 6) is -0.379. The molecule has 0 bridgehead atoms. The lowest BCUT2D eigenvalue weighted by Gasteiger charge is -2.15. The molecule has 20 heavy (non-hydrogen) atoms. The van der Waals surface area contributed by atoms with Crippen LogP contribution in [0.4, 0.5) is 5.95 Å². The molecule has 2 rings (SSSR count). The molecule has 1 aromatic carbocycles. The van der Waals surface area contributed by atoms with Gasteiger partial charge in [0.25, 0.3) is 0 Å². The molecule has 6 heteroatoms. The highest BCUT2D eigenvalue weighted by Gasteiger charge is 2.20. The fourth-order valence-electron chi connectivity index (χ4n) is 1.70. The first-order chi connectivity index (χ1) is 9.70. The average molecular weight is 273 g/mol. The highest BCUT2D eigenvalue weighted by Crippen LogP contribution is 2.18. The smallest absolute Gasteiger partial charge is 0.330 e. The first kappa shape index (κ1) is 13.8. The lowest BCUT2D eigenvalue weighted by atomic mass is 10.1. The van der Waals surface area contributed by atoms with E-state index in [0.29, 0.717) is 18.1 Å². The number of aliphatic carboxylic acids is 1. The Morgan fingerprint density at radius 3 is 2.75 bits per heavy atom. The van der Waals surface area contributed by atoms with Gasteiger partial charge in [-0.05, 0) is 12.5 Å². The maximum Gasteiger partial charge on any atom is 0.330 e. The molecule has 0 radical (unpaired) electrons. The van der Waals surface area contributed by atoms with Gasteiger partial charge in [0.15, 0.2) is 6.04 Å². The fourth-order valence-corrected chi connectivity index (χ4v) is 1.70.